The molecular weight excluding hydrogens is 202 g/mol. The van der Waals surface area contributed by atoms with Crippen LogP contribution in [0.2, 0.25) is 0 Å². The molecule has 0 heterocycles. The van der Waals surface area contributed by atoms with Gasteiger partial charge in [0.15, 0.2) is 0 Å². The third-order valence-corrected chi connectivity index (χ3v) is 2.59. The first-order chi connectivity index (χ1) is 7.46. The average Bonchev–Trinajstić information content (AvgIpc) is 2.17. The van der Waals surface area contributed by atoms with Crippen molar-refractivity contribution >= 4 is 5.97 Å². The van der Waals surface area contributed by atoms with Gasteiger partial charge in [0.2, 0.25) is 0 Å². The maximum absolute atomic E-state index is 11.7. The Hall–Kier alpha value is -0.570. The third-order valence-electron chi connectivity index (χ3n) is 2.59. The van der Waals surface area contributed by atoms with Gasteiger partial charge < -0.3 is 4.74 Å². The van der Waals surface area contributed by atoms with Gasteiger partial charge in [-0.1, -0.05) is 26.7 Å². The van der Waals surface area contributed by atoms with Crippen molar-refractivity contribution < 1.29 is 9.53 Å². The molecule has 0 aliphatic carbocycles. The summed E-state index contributed by atoms with van der Waals surface area (Å²) in [5.74, 6) is -0.117. The summed E-state index contributed by atoms with van der Waals surface area (Å²) < 4.78 is 5.08. The number of rotatable bonds is 8. The SMILES string of the molecule is CCCC(NC(C)(C)CCC)C(=O)OCC. The minimum atomic E-state index is -0.161. The van der Waals surface area contributed by atoms with Crippen molar-refractivity contribution in [3.05, 3.63) is 0 Å². The Balaban J connectivity index is 4.36. The first-order valence-corrected chi connectivity index (χ1v) is 6.41. The van der Waals surface area contributed by atoms with E-state index >= 15 is 0 Å². The molecule has 0 aliphatic rings. The second-order valence-corrected chi connectivity index (χ2v) is 4.87. The fourth-order valence-electron chi connectivity index (χ4n) is 1.95. The number of esters is 1. The molecule has 1 N–H and O–H groups in total. The van der Waals surface area contributed by atoms with Crippen LogP contribution in [0.25, 0.3) is 0 Å². The van der Waals surface area contributed by atoms with E-state index in [0.717, 1.165) is 25.7 Å². The minimum absolute atomic E-state index is 0.00134. The highest BCUT2D eigenvalue weighted by molar-refractivity contribution is 5.75. The van der Waals surface area contributed by atoms with Crippen LogP contribution in [-0.4, -0.2) is 24.2 Å². The Morgan fingerprint density at radius 3 is 2.31 bits per heavy atom. The lowest BCUT2D eigenvalue weighted by molar-refractivity contribution is -0.146. The summed E-state index contributed by atoms with van der Waals surface area (Å²) in [6, 6.07) is -0.161. The fraction of sp³-hybridized carbons (Fsp3) is 0.923. The number of hydrogen-bond donors (Lipinski definition) is 1. The molecule has 0 fully saturated rings. The molecule has 96 valence electrons. The molecule has 1 atom stereocenters. The molecule has 3 heteroatoms. The topological polar surface area (TPSA) is 38.3 Å². The maximum atomic E-state index is 11.7. The summed E-state index contributed by atoms with van der Waals surface area (Å²) in [4.78, 5) is 11.7. The van der Waals surface area contributed by atoms with Crippen LogP contribution >= 0.6 is 0 Å². The van der Waals surface area contributed by atoms with Gasteiger partial charge in [-0.25, -0.2) is 0 Å². The Morgan fingerprint density at radius 1 is 1.25 bits per heavy atom. The Bertz CT molecular complexity index is 202. The molecule has 0 aromatic heterocycles. The van der Waals surface area contributed by atoms with E-state index < -0.39 is 0 Å². The Labute approximate surface area is 99.9 Å². The van der Waals surface area contributed by atoms with Crippen LogP contribution in [0.3, 0.4) is 0 Å². The first-order valence-electron chi connectivity index (χ1n) is 6.41. The van der Waals surface area contributed by atoms with E-state index in [-0.39, 0.29) is 17.6 Å². The summed E-state index contributed by atoms with van der Waals surface area (Å²) in [6.45, 7) is 10.8. The summed E-state index contributed by atoms with van der Waals surface area (Å²) in [7, 11) is 0. The molecule has 0 amide bonds. The highest BCUT2D eigenvalue weighted by atomic mass is 16.5. The van der Waals surface area contributed by atoms with Gasteiger partial charge in [-0.3, -0.25) is 10.1 Å². The van der Waals surface area contributed by atoms with E-state index in [1.165, 1.54) is 0 Å². The molecule has 16 heavy (non-hydrogen) atoms. The zero-order valence-electron chi connectivity index (χ0n) is 11.4. The van der Waals surface area contributed by atoms with Crippen LogP contribution in [0, 0.1) is 0 Å². The van der Waals surface area contributed by atoms with Gasteiger partial charge in [0.25, 0.3) is 0 Å². The zero-order valence-corrected chi connectivity index (χ0v) is 11.4. The second kappa shape index (κ2) is 7.66. The summed E-state index contributed by atoms with van der Waals surface area (Å²) in [5, 5.41) is 3.41. The molecule has 0 radical (unpaired) electrons. The summed E-state index contributed by atoms with van der Waals surface area (Å²) in [6.07, 6.45) is 4.00. The molecule has 0 aromatic carbocycles. The van der Waals surface area contributed by atoms with E-state index in [9.17, 15) is 4.79 Å². The number of carbonyl (C=O) groups excluding carboxylic acids is 1. The second-order valence-electron chi connectivity index (χ2n) is 4.87. The smallest absolute Gasteiger partial charge is 0.323 e. The van der Waals surface area contributed by atoms with Crippen molar-refractivity contribution in [1.82, 2.24) is 5.32 Å². The van der Waals surface area contributed by atoms with Crippen molar-refractivity contribution in [3.63, 3.8) is 0 Å². The normalized spacial score (nSPS) is 13.6. The van der Waals surface area contributed by atoms with Crippen LogP contribution in [0.4, 0.5) is 0 Å². The van der Waals surface area contributed by atoms with E-state index in [2.05, 4.69) is 33.0 Å². The predicted molar refractivity (Wildman–Crippen MR) is 67.5 cm³/mol. The van der Waals surface area contributed by atoms with Crippen molar-refractivity contribution in [2.75, 3.05) is 6.61 Å². The third kappa shape index (κ3) is 6.11. The largest absolute Gasteiger partial charge is 0.465 e. The van der Waals surface area contributed by atoms with Crippen LogP contribution in [0.1, 0.15) is 60.3 Å². The van der Waals surface area contributed by atoms with Crippen molar-refractivity contribution in [2.45, 2.75) is 71.9 Å². The molecule has 0 rings (SSSR count). The molecule has 0 saturated carbocycles. The first kappa shape index (κ1) is 15.4. The van der Waals surface area contributed by atoms with Crippen LogP contribution in [0.15, 0.2) is 0 Å². The van der Waals surface area contributed by atoms with E-state index in [4.69, 9.17) is 4.74 Å². The van der Waals surface area contributed by atoms with Gasteiger partial charge >= 0.3 is 5.97 Å². The molecule has 1 unspecified atom stereocenters. The van der Waals surface area contributed by atoms with Gasteiger partial charge in [-0.05, 0) is 33.6 Å². The average molecular weight is 229 g/mol. The van der Waals surface area contributed by atoms with Gasteiger partial charge in [-0.15, -0.1) is 0 Å². The molecule has 3 nitrogen and oxygen atoms in total. The van der Waals surface area contributed by atoms with Crippen LogP contribution in [-0.2, 0) is 9.53 Å². The monoisotopic (exact) mass is 229 g/mol. The summed E-state index contributed by atoms with van der Waals surface area (Å²) >= 11 is 0. The Morgan fingerprint density at radius 2 is 1.88 bits per heavy atom. The van der Waals surface area contributed by atoms with Crippen molar-refractivity contribution in [3.8, 4) is 0 Å². The maximum Gasteiger partial charge on any atom is 0.323 e. The lowest BCUT2D eigenvalue weighted by atomic mass is 9.96. The molecule has 0 aliphatic heterocycles. The molecule has 0 saturated heterocycles. The van der Waals surface area contributed by atoms with Crippen LogP contribution in [0.5, 0.6) is 0 Å². The molecular formula is C13H27NO2. The van der Waals surface area contributed by atoms with Gasteiger partial charge in [-0.2, -0.15) is 0 Å². The van der Waals surface area contributed by atoms with Gasteiger partial charge in [0.1, 0.15) is 6.04 Å². The van der Waals surface area contributed by atoms with Crippen molar-refractivity contribution in [1.29, 1.82) is 0 Å². The molecule has 0 spiro atoms. The number of ether oxygens (including phenoxy) is 1. The predicted octanol–water partition coefficient (Wildman–Crippen LogP) is 2.89. The van der Waals surface area contributed by atoms with E-state index in [1.807, 2.05) is 6.92 Å². The fourth-order valence-corrected chi connectivity index (χ4v) is 1.95. The lowest BCUT2D eigenvalue weighted by Gasteiger charge is -2.30. The van der Waals surface area contributed by atoms with Crippen LogP contribution < -0.4 is 5.32 Å². The number of hydrogen-bond acceptors (Lipinski definition) is 3. The van der Waals surface area contributed by atoms with Gasteiger partial charge in [0, 0.05) is 5.54 Å². The zero-order chi connectivity index (χ0) is 12.6. The van der Waals surface area contributed by atoms with E-state index in [0.29, 0.717) is 6.61 Å². The summed E-state index contributed by atoms with van der Waals surface area (Å²) in [5.41, 5.74) is 0.00134. The minimum Gasteiger partial charge on any atom is -0.465 e. The lowest BCUT2D eigenvalue weighted by Crippen LogP contribution is -2.50. The van der Waals surface area contributed by atoms with Gasteiger partial charge in [0.05, 0.1) is 6.61 Å². The Kier molecular flexibility index (Phi) is 7.39. The standard InChI is InChI=1S/C13H27NO2/c1-6-9-11(12(15)16-8-3)14-13(4,5)10-7-2/h11,14H,6-10H2,1-5H3. The molecule has 0 bridgehead atoms. The number of carbonyl (C=O) groups is 1. The van der Waals surface area contributed by atoms with E-state index in [1.54, 1.807) is 0 Å². The van der Waals surface area contributed by atoms with Crippen molar-refractivity contribution in [2.24, 2.45) is 0 Å². The highest BCUT2D eigenvalue weighted by Gasteiger charge is 2.26. The number of nitrogens with one attached hydrogen (secondary N) is 1. The quantitative estimate of drug-likeness (QED) is 0.650. The highest BCUT2D eigenvalue weighted by Crippen LogP contribution is 2.14. The molecule has 0 aromatic rings.